The predicted molar refractivity (Wildman–Crippen MR) is 88.3 cm³/mol. The highest BCUT2D eigenvalue weighted by Gasteiger charge is 2.30. The standard InChI is InChI=1S/C17H25NO3S/c1-13(22(2,20)21)17(19)18-16-11-7-6-10-15(16)12-14-8-4-3-5-9-14/h3-5,8-9,13,15-16H,6-7,10-12H2,1-2H3,(H,18,19)/t13-,15+,16-/m1/s1. The molecule has 1 saturated carbocycles. The van der Waals surface area contributed by atoms with Crippen molar-refractivity contribution < 1.29 is 13.2 Å². The van der Waals surface area contributed by atoms with Gasteiger partial charge in [-0.25, -0.2) is 8.42 Å². The first-order valence-electron chi connectivity index (χ1n) is 7.91. The molecule has 1 N–H and O–H groups in total. The molecule has 122 valence electrons. The van der Waals surface area contributed by atoms with Crippen LogP contribution in [0.4, 0.5) is 0 Å². The molecule has 1 fully saturated rings. The van der Waals surface area contributed by atoms with Crippen molar-refractivity contribution >= 4 is 15.7 Å². The van der Waals surface area contributed by atoms with Crippen molar-refractivity contribution in [1.82, 2.24) is 5.32 Å². The Morgan fingerprint density at radius 1 is 1.23 bits per heavy atom. The van der Waals surface area contributed by atoms with E-state index in [2.05, 4.69) is 17.4 Å². The largest absolute Gasteiger partial charge is 0.352 e. The lowest BCUT2D eigenvalue weighted by atomic mass is 9.80. The number of carbonyl (C=O) groups excluding carboxylic acids is 1. The van der Waals surface area contributed by atoms with Crippen LogP contribution in [0.15, 0.2) is 30.3 Å². The SMILES string of the molecule is C[C@H](C(=O)N[C@@H]1CCCC[C@H]1Cc1ccccc1)S(C)(=O)=O. The number of sulfone groups is 1. The van der Waals surface area contributed by atoms with Crippen molar-refractivity contribution in [3.8, 4) is 0 Å². The summed E-state index contributed by atoms with van der Waals surface area (Å²) in [5, 5.41) is 2.00. The Morgan fingerprint density at radius 3 is 2.50 bits per heavy atom. The molecule has 1 aliphatic carbocycles. The molecule has 22 heavy (non-hydrogen) atoms. The van der Waals surface area contributed by atoms with Gasteiger partial charge in [-0.05, 0) is 37.7 Å². The number of nitrogens with one attached hydrogen (secondary N) is 1. The molecular weight excluding hydrogens is 298 g/mol. The quantitative estimate of drug-likeness (QED) is 0.904. The molecule has 0 saturated heterocycles. The van der Waals surface area contributed by atoms with Crippen molar-refractivity contribution in [2.45, 2.75) is 50.3 Å². The fourth-order valence-corrected chi connectivity index (χ4v) is 3.51. The van der Waals surface area contributed by atoms with E-state index in [0.717, 1.165) is 31.9 Å². The van der Waals surface area contributed by atoms with Crippen LogP contribution in [0, 0.1) is 5.92 Å². The van der Waals surface area contributed by atoms with Crippen molar-refractivity contribution in [3.63, 3.8) is 0 Å². The Kier molecular flexibility index (Phi) is 5.62. The van der Waals surface area contributed by atoms with Gasteiger partial charge in [0.1, 0.15) is 5.25 Å². The van der Waals surface area contributed by atoms with E-state index in [1.165, 1.54) is 18.9 Å². The predicted octanol–water partition coefficient (Wildman–Crippen LogP) is 2.34. The normalized spacial score (nSPS) is 23.7. The lowest BCUT2D eigenvalue weighted by molar-refractivity contribution is -0.121. The number of amides is 1. The molecular formula is C17H25NO3S. The van der Waals surface area contributed by atoms with Crippen LogP contribution < -0.4 is 5.32 Å². The fourth-order valence-electron chi connectivity index (χ4n) is 3.05. The average Bonchev–Trinajstić information content (AvgIpc) is 2.48. The van der Waals surface area contributed by atoms with Gasteiger partial charge in [0, 0.05) is 12.3 Å². The van der Waals surface area contributed by atoms with Gasteiger partial charge in [-0.3, -0.25) is 4.79 Å². The summed E-state index contributed by atoms with van der Waals surface area (Å²) in [6.07, 6.45) is 6.31. The van der Waals surface area contributed by atoms with E-state index in [4.69, 9.17) is 0 Å². The smallest absolute Gasteiger partial charge is 0.238 e. The maximum absolute atomic E-state index is 12.2. The zero-order chi connectivity index (χ0) is 16.2. The lowest BCUT2D eigenvalue weighted by Crippen LogP contribution is -2.47. The lowest BCUT2D eigenvalue weighted by Gasteiger charge is -2.33. The van der Waals surface area contributed by atoms with E-state index < -0.39 is 15.1 Å². The molecule has 3 atom stereocenters. The number of rotatable bonds is 5. The van der Waals surface area contributed by atoms with E-state index in [9.17, 15) is 13.2 Å². The Morgan fingerprint density at radius 2 is 1.86 bits per heavy atom. The van der Waals surface area contributed by atoms with Gasteiger partial charge in [0.2, 0.25) is 5.91 Å². The van der Waals surface area contributed by atoms with Crippen LogP contribution in [0.2, 0.25) is 0 Å². The van der Waals surface area contributed by atoms with Crippen molar-refractivity contribution in [3.05, 3.63) is 35.9 Å². The fraction of sp³-hybridized carbons (Fsp3) is 0.588. The van der Waals surface area contributed by atoms with E-state index in [0.29, 0.717) is 5.92 Å². The molecule has 1 aromatic carbocycles. The molecule has 4 nitrogen and oxygen atoms in total. The molecule has 0 heterocycles. The zero-order valence-electron chi connectivity index (χ0n) is 13.3. The number of benzene rings is 1. The molecule has 1 amide bonds. The van der Waals surface area contributed by atoms with Crippen LogP contribution in [0.25, 0.3) is 0 Å². The van der Waals surface area contributed by atoms with Gasteiger partial charge in [0.25, 0.3) is 0 Å². The summed E-state index contributed by atoms with van der Waals surface area (Å²) in [6, 6.07) is 10.3. The third-order valence-electron chi connectivity index (χ3n) is 4.59. The van der Waals surface area contributed by atoms with E-state index in [-0.39, 0.29) is 11.9 Å². The summed E-state index contributed by atoms with van der Waals surface area (Å²) in [7, 11) is -3.34. The summed E-state index contributed by atoms with van der Waals surface area (Å²) < 4.78 is 23.1. The van der Waals surface area contributed by atoms with Crippen molar-refractivity contribution in [2.75, 3.05) is 6.26 Å². The molecule has 0 radical (unpaired) electrons. The molecule has 0 aliphatic heterocycles. The van der Waals surface area contributed by atoms with Crippen molar-refractivity contribution in [2.24, 2.45) is 5.92 Å². The minimum Gasteiger partial charge on any atom is -0.352 e. The summed E-state index contributed by atoms with van der Waals surface area (Å²) in [5.41, 5.74) is 1.27. The number of hydrogen-bond acceptors (Lipinski definition) is 3. The van der Waals surface area contributed by atoms with Crippen molar-refractivity contribution in [1.29, 1.82) is 0 Å². The molecule has 0 bridgehead atoms. The highest BCUT2D eigenvalue weighted by molar-refractivity contribution is 7.92. The molecule has 2 rings (SSSR count). The van der Waals surface area contributed by atoms with Gasteiger partial charge in [0.15, 0.2) is 9.84 Å². The number of carbonyl (C=O) groups is 1. The minimum absolute atomic E-state index is 0.0747. The molecule has 1 aliphatic rings. The maximum Gasteiger partial charge on any atom is 0.238 e. The Labute approximate surface area is 133 Å². The summed E-state index contributed by atoms with van der Waals surface area (Å²) >= 11 is 0. The molecule has 5 heteroatoms. The summed E-state index contributed by atoms with van der Waals surface area (Å²) in [6.45, 7) is 1.46. The maximum atomic E-state index is 12.2. The highest BCUT2D eigenvalue weighted by atomic mass is 32.2. The molecule has 0 spiro atoms. The number of hydrogen-bond donors (Lipinski definition) is 1. The van der Waals surface area contributed by atoms with Crippen LogP contribution in [0.1, 0.15) is 38.2 Å². The topological polar surface area (TPSA) is 63.2 Å². The van der Waals surface area contributed by atoms with Crippen LogP contribution >= 0.6 is 0 Å². The molecule has 0 aromatic heterocycles. The van der Waals surface area contributed by atoms with E-state index in [1.54, 1.807) is 0 Å². The van der Waals surface area contributed by atoms with Gasteiger partial charge in [-0.15, -0.1) is 0 Å². The highest BCUT2D eigenvalue weighted by Crippen LogP contribution is 2.27. The van der Waals surface area contributed by atoms with Gasteiger partial charge >= 0.3 is 0 Å². The van der Waals surface area contributed by atoms with Gasteiger partial charge in [0.05, 0.1) is 0 Å². The molecule has 0 unspecified atom stereocenters. The second kappa shape index (κ2) is 7.27. The Balaban J connectivity index is 2.02. The van der Waals surface area contributed by atoms with Crippen LogP contribution in [0.3, 0.4) is 0 Å². The monoisotopic (exact) mass is 323 g/mol. The Hall–Kier alpha value is -1.36. The third-order valence-corrected chi connectivity index (χ3v) is 6.09. The Bertz CT molecular complexity index is 598. The second-order valence-electron chi connectivity index (χ2n) is 6.32. The third kappa shape index (κ3) is 4.57. The summed E-state index contributed by atoms with van der Waals surface area (Å²) in [5.74, 6) is 0.0133. The van der Waals surface area contributed by atoms with Gasteiger partial charge < -0.3 is 5.32 Å². The first-order chi connectivity index (χ1) is 10.4. The van der Waals surface area contributed by atoms with Crippen LogP contribution in [0.5, 0.6) is 0 Å². The minimum atomic E-state index is -3.34. The summed E-state index contributed by atoms with van der Waals surface area (Å²) in [4.78, 5) is 12.2. The first kappa shape index (κ1) is 17.0. The van der Waals surface area contributed by atoms with Crippen LogP contribution in [-0.4, -0.2) is 31.9 Å². The van der Waals surface area contributed by atoms with E-state index >= 15 is 0 Å². The second-order valence-corrected chi connectivity index (χ2v) is 8.69. The van der Waals surface area contributed by atoms with E-state index in [1.807, 2.05) is 18.2 Å². The zero-order valence-corrected chi connectivity index (χ0v) is 14.1. The average molecular weight is 323 g/mol. The van der Waals surface area contributed by atoms with Crippen LogP contribution in [-0.2, 0) is 21.1 Å². The van der Waals surface area contributed by atoms with Gasteiger partial charge in [-0.2, -0.15) is 0 Å². The molecule has 1 aromatic rings. The van der Waals surface area contributed by atoms with Gasteiger partial charge in [-0.1, -0.05) is 43.2 Å². The first-order valence-corrected chi connectivity index (χ1v) is 9.86.